The van der Waals surface area contributed by atoms with E-state index in [0.717, 1.165) is 24.7 Å². The number of nitrogens with zero attached hydrogens (tertiary/aromatic N) is 1. The zero-order valence-electron chi connectivity index (χ0n) is 11.6. The summed E-state index contributed by atoms with van der Waals surface area (Å²) >= 11 is 0. The summed E-state index contributed by atoms with van der Waals surface area (Å²) in [6, 6.07) is 6.10. The number of carbonyl (C=O) groups excluding carboxylic acids is 1. The normalized spacial score (nSPS) is 14.8. The monoisotopic (exact) mass is 261 g/mol. The van der Waals surface area contributed by atoms with E-state index in [2.05, 4.69) is 11.8 Å². The Balaban J connectivity index is 2.06. The van der Waals surface area contributed by atoms with Gasteiger partial charge in [0.1, 0.15) is 0 Å². The molecule has 0 radical (unpaired) electrons. The molecule has 0 aliphatic heterocycles. The maximum Gasteiger partial charge on any atom is 0.248 e. The lowest BCUT2D eigenvalue weighted by molar-refractivity contribution is 0.100. The number of hydrogen-bond acceptors (Lipinski definition) is 3. The summed E-state index contributed by atoms with van der Waals surface area (Å²) in [6.07, 6.45) is 5.01. The van der Waals surface area contributed by atoms with Crippen LogP contribution in [-0.2, 0) is 6.54 Å². The molecule has 4 nitrogen and oxygen atoms in total. The molecule has 1 fully saturated rings. The van der Waals surface area contributed by atoms with Crippen LogP contribution in [0.3, 0.4) is 0 Å². The number of rotatable bonds is 7. The van der Waals surface area contributed by atoms with Crippen molar-refractivity contribution in [2.75, 3.05) is 12.3 Å². The Morgan fingerprint density at radius 3 is 2.68 bits per heavy atom. The van der Waals surface area contributed by atoms with E-state index in [9.17, 15) is 4.79 Å². The number of primary amides is 1. The second-order valence-electron chi connectivity index (χ2n) is 5.33. The van der Waals surface area contributed by atoms with E-state index in [4.69, 9.17) is 11.5 Å². The minimum Gasteiger partial charge on any atom is -0.398 e. The molecule has 0 atom stereocenters. The van der Waals surface area contributed by atoms with E-state index in [1.807, 2.05) is 6.07 Å². The first kappa shape index (κ1) is 13.9. The van der Waals surface area contributed by atoms with Gasteiger partial charge in [-0.2, -0.15) is 0 Å². The molecule has 0 heterocycles. The molecule has 19 heavy (non-hydrogen) atoms. The second kappa shape index (κ2) is 6.06. The van der Waals surface area contributed by atoms with Crippen LogP contribution in [-0.4, -0.2) is 23.4 Å². The van der Waals surface area contributed by atoms with Gasteiger partial charge in [-0.3, -0.25) is 9.69 Å². The van der Waals surface area contributed by atoms with Crippen molar-refractivity contribution in [3.05, 3.63) is 29.3 Å². The van der Waals surface area contributed by atoms with Gasteiger partial charge in [0.2, 0.25) is 5.91 Å². The van der Waals surface area contributed by atoms with E-state index in [1.165, 1.54) is 25.7 Å². The molecule has 1 amide bonds. The van der Waals surface area contributed by atoms with Crippen LogP contribution in [0.4, 0.5) is 5.69 Å². The molecule has 1 aliphatic carbocycles. The molecule has 0 unspecified atom stereocenters. The quantitative estimate of drug-likeness (QED) is 0.739. The standard InChI is InChI=1S/C15H23N3O/c1-2-3-8-18(13-6-7-13)10-12-5-4-11(15(17)19)9-14(12)16/h4-5,9,13H,2-3,6-8,10,16H2,1H3,(H2,17,19). The van der Waals surface area contributed by atoms with Crippen molar-refractivity contribution in [1.82, 2.24) is 4.90 Å². The molecule has 104 valence electrons. The molecule has 0 bridgehead atoms. The van der Waals surface area contributed by atoms with Gasteiger partial charge in [0.15, 0.2) is 0 Å². The lowest BCUT2D eigenvalue weighted by Gasteiger charge is -2.22. The van der Waals surface area contributed by atoms with Crippen LogP contribution in [0.2, 0.25) is 0 Å². The maximum absolute atomic E-state index is 11.1. The van der Waals surface area contributed by atoms with Gasteiger partial charge in [-0.05, 0) is 43.5 Å². The van der Waals surface area contributed by atoms with Crippen molar-refractivity contribution >= 4 is 11.6 Å². The van der Waals surface area contributed by atoms with Gasteiger partial charge in [-0.25, -0.2) is 0 Å². The molecular weight excluding hydrogens is 238 g/mol. The summed E-state index contributed by atoms with van der Waals surface area (Å²) in [7, 11) is 0. The number of unbranched alkanes of at least 4 members (excludes halogenated alkanes) is 1. The van der Waals surface area contributed by atoms with Crippen LogP contribution in [0.25, 0.3) is 0 Å². The van der Waals surface area contributed by atoms with Crippen LogP contribution in [0.1, 0.15) is 48.5 Å². The van der Waals surface area contributed by atoms with Crippen molar-refractivity contribution in [3.8, 4) is 0 Å². The van der Waals surface area contributed by atoms with E-state index < -0.39 is 5.91 Å². The lowest BCUT2D eigenvalue weighted by Crippen LogP contribution is -2.27. The van der Waals surface area contributed by atoms with Crippen LogP contribution in [0, 0.1) is 0 Å². The van der Waals surface area contributed by atoms with E-state index in [1.54, 1.807) is 12.1 Å². The number of amides is 1. The molecule has 2 rings (SSSR count). The summed E-state index contributed by atoms with van der Waals surface area (Å²) in [5.74, 6) is -0.428. The largest absolute Gasteiger partial charge is 0.398 e. The van der Waals surface area contributed by atoms with Gasteiger partial charge in [-0.1, -0.05) is 19.4 Å². The molecule has 1 aliphatic rings. The number of benzene rings is 1. The Bertz CT molecular complexity index is 455. The Kier molecular flexibility index (Phi) is 4.43. The molecule has 1 saturated carbocycles. The van der Waals surface area contributed by atoms with Gasteiger partial charge in [0.05, 0.1) is 0 Å². The number of carbonyl (C=O) groups is 1. The smallest absolute Gasteiger partial charge is 0.248 e. The van der Waals surface area contributed by atoms with Crippen LogP contribution < -0.4 is 11.5 Å². The summed E-state index contributed by atoms with van der Waals surface area (Å²) in [4.78, 5) is 13.6. The predicted octanol–water partition coefficient (Wildman–Crippen LogP) is 2.13. The van der Waals surface area contributed by atoms with Gasteiger partial charge < -0.3 is 11.5 Å². The first-order valence-electron chi connectivity index (χ1n) is 7.04. The Morgan fingerprint density at radius 2 is 2.16 bits per heavy atom. The number of anilines is 1. The highest BCUT2D eigenvalue weighted by Gasteiger charge is 2.28. The fourth-order valence-corrected chi connectivity index (χ4v) is 2.30. The average molecular weight is 261 g/mol. The highest BCUT2D eigenvalue weighted by molar-refractivity contribution is 5.93. The van der Waals surface area contributed by atoms with Crippen molar-refractivity contribution in [2.24, 2.45) is 5.73 Å². The van der Waals surface area contributed by atoms with E-state index in [0.29, 0.717) is 11.3 Å². The molecule has 4 N–H and O–H groups in total. The van der Waals surface area contributed by atoms with Crippen molar-refractivity contribution in [3.63, 3.8) is 0 Å². The van der Waals surface area contributed by atoms with Gasteiger partial charge >= 0.3 is 0 Å². The Labute approximate surface area is 114 Å². The first-order chi connectivity index (χ1) is 9.11. The van der Waals surface area contributed by atoms with Crippen molar-refractivity contribution in [2.45, 2.75) is 45.2 Å². The summed E-state index contributed by atoms with van der Waals surface area (Å²) in [5.41, 5.74) is 13.5. The maximum atomic E-state index is 11.1. The zero-order valence-corrected chi connectivity index (χ0v) is 11.6. The van der Waals surface area contributed by atoms with Gasteiger partial charge in [0.25, 0.3) is 0 Å². The van der Waals surface area contributed by atoms with E-state index in [-0.39, 0.29) is 0 Å². The third-order valence-electron chi connectivity index (χ3n) is 3.67. The minimum atomic E-state index is -0.428. The molecule has 0 spiro atoms. The molecular formula is C15H23N3O. The lowest BCUT2D eigenvalue weighted by atomic mass is 10.1. The van der Waals surface area contributed by atoms with Crippen LogP contribution >= 0.6 is 0 Å². The average Bonchev–Trinajstić information content (AvgIpc) is 3.20. The SMILES string of the molecule is CCCCN(Cc1ccc(C(N)=O)cc1N)C1CC1. The first-order valence-corrected chi connectivity index (χ1v) is 7.04. The molecule has 1 aromatic carbocycles. The molecule has 0 saturated heterocycles. The fraction of sp³-hybridized carbons (Fsp3) is 0.533. The van der Waals surface area contributed by atoms with Crippen molar-refractivity contribution in [1.29, 1.82) is 0 Å². The zero-order chi connectivity index (χ0) is 13.8. The molecule has 1 aromatic rings. The summed E-state index contributed by atoms with van der Waals surface area (Å²) < 4.78 is 0. The highest BCUT2D eigenvalue weighted by atomic mass is 16.1. The second-order valence-corrected chi connectivity index (χ2v) is 5.33. The van der Waals surface area contributed by atoms with Crippen LogP contribution in [0.5, 0.6) is 0 Å². The van der Waals surface area contributed by atoms with Gasteiger partial charge in [0, 0.05) is 23.8 Å². The summed E-state index contributed by atoms with van der Waals surface area (Å²) in [5, 5.41) is 0. The Morgan fingerprint density at radius 1 is 1.42 bits per heavy atom. The highest BCUT2D eigenvalue weighted by Crippen LogP contribution is 2.29. The fourth-order valence-electron chi connectivity index (χ4n) is 2.30. The molecule has 4 heteroatoms. The third kappa shape index (κ3) is 3.70. The van der Waals surface area contributed by atoms with Gasteiger partial charge in [-0.15, -0.1) is 0 Å². The van der Waals surface area contributed by atoms with Crippen molar-refractivity contribution < 1.29 is 4.79 Å². The topological polar surface area (TPSA) is 72.3 Å². The van der Waals surface area contributed by atoms with E-state index >= 15 is 0 Å². The number of hydrogen-bond donors (Lipinski definition) is 2. The Hall–Kier alpha value is -1.55. The summed E-state index contributed by atoms with van der Waals surface area (Å²) in [6.45, 7) is 4.20. The number of nitrogens with two attached hydrogens (primary N) is 2. The minimum absolute atomic E-state index is 0.428. The van der Waals surface area contributed by atoms with Crippen LogP contribution in [0.15, 0.2) is 18.2 Å². The third-order valence-corrected chi connectivity index (χ3v) is 3.67. The molecule has 0 aromatic heterocycles. The number of nitrogen functional groups attached to an aromatic ring is 1. The predicted molar refractivity (Wildman–Crippen MR) is 77.7 cm³/mol.